The molecule has 0 amide bonds. The third-order valence-electron chi connectivity index (χ3n) is 11.1. The topological polar surface area (TPSA) is 38.4 Å². The van der Waals surface area contributed by atoms with E-state index >= 15 is 0 Å². The molecule has 0 aliphatic heterocycles. The lowest BCUT2D eigenvalue weighted by Crippen LogP contribution is -2.16. The van der Waals surface area contributed by atoms with Crippen molar-refractivity contribution in [2.75, 3.05) is 4.90 Å². The van der Waals surface area contributed by atoms with Crippen LogP contribution in [-0.2, 0) is 5.41 Å². The van der Waals surface area contributed by atoms with Gasteiger partial charge in [0.1, 0.15) is 5.65 Å². The van der Waals surface area contributed by atoms with Gasteiger partial charge >= 0.3 is 0 Å². The van der Waals surface area contributed by atoms with Gasteiger partial charge in [-0.25, -0.2) is 9.97 Å². The molecule has 5 heteroatoms. The van der Waals surface area contributed by atoms with E-state index in [9.17, 15) is 0 Å². The summed E-state index contributed by atoms with van der Waals surface area (Å²) in [6, 6.07) is 58.7. The van der Waals surface area contributed by atoms with Crippen LogP contribution in [0.25, 0.3) is 66.5 Å². The van der Waals surface area contributed by atoms with Gasteiger partial charge in [0.2, 0.25) is 5.95 Å². The summed E-state index contributed by atoms with van der Waals surface area (Å²) < 4.78 is 4.53. The first kappa shape index (κ1) is 29.1. The quantitative estimate of drug-likeness (QED) is 0.187. The number of benzene rings is 7. The van der Waals surface area contributed by atoms with Crippen molar-refractivity contribution in [2.45, 2.75) is 19.3 Å². The van der Waals surface area contributed by atoms with Crippen molar-refractivity contribution >= 4 is 66.5 Å². The number of anilines is 3. The van der Waals surface area contributed by atoms with Crippen LogP contribution in [0.4, 0.5) is 17.1 Å². The maximum absolute atomic E-state index is 5.36. The van der Waals surface area contributed by atoms with E-state index in [4.69, 9.17) is 9.97 Å². The summed E-state index contributed by atoms with van der Waals surface area (Å²) >= 11 is 0. The molecule has 0 radical (unpaired) electrons. The summed E-state index contributed by atoms with van der Waals surface area (Å²) in [6.07, 6.45) is 0. The largest absolute Gasteiger partial charge is 0.310 e. The van der Waals surface area contributed by atoms with Crippen molar-refractivity contribution in [2.24, 2.45) is 0 Å². The summed E-state index contributed by atoms with van der Waals surface area (Å²) in [6.45, 7) is 4.69. The number of nitrogens with zero attached hydrogens (tertiary/aromatic N) is 5. The molecule has 246 valence electrons. The van der Waals surface area contributed by atoms with Crippen molar-refractivity contribution in [1.82, 2.24) is 18.9 Å². The normalized spacial score (nSPS) is 13.3. The molecule has 3 aromatic heterocycles. The van der Waals surface area contributed by atoms with Crippen LogP contribution < -0.4 is 4.90 Å². The number of imidazole rings is 1. The van der Waals surface area contributed by atoms with Crippen LogP contribution in [0, 0.1) is 0 Å². The number of hydrogen-bond donors (Lipinski definition) is 0. The highest BCUT2D eigenvalue weighted by atomic mass is 15.2. The summed E-state index contributed by atoms with van der Waals surface area (Å²) in [4.78, 5) is 12.9. The lowest BCUT2D eigenvalue weighted by atomic mass is 9.82. The molecule has 0 N–H and O–H groups in total. The monoisotopic (exact) mass is 667 g/mol. The van der Waals surface area contributed by atoms with E-state index in [1.165, 1.54) is 27.6 Å². The second-order valence-corrected chi connectivity index (χ2v) is 14.3. The molecular formula is C47H33N5. The number of hydrogen-bond acceptors (Lipinski definition) is 3. The molecule has 0 saturated heterocycles. The summed E-state index contributed by atoms with van der Waals surface area (Å²) in [5.74, 6) is 0.821. The summed E-state index contributed by atoms with van der Waals surface area (Å²) in [7, 11) is 0. The second kappa shape index (κ2) is 10.6. The van der Waals surface area contributed by atoms with Gasteiger partial charge in [0.05, 0.1) is 27.6 Å². The Hall–Kier alpha value is -6.72. The van der Waals surface area contributed by atoms with Gasteiger partial charge in [-0.3, -0.25) is 8.97 Å². The molecule has 0 atom stereocenters. The van der Waals surface area contributed by atoms with E-state index in [0.717, 1.165) is 67.0 Å². The Labute approximate surface area is 300 Å². The Morgan fingerprint density at radius 1 is 0.462 bits per heavy atom. The van der Waals surface area contributed by atoms with Gasteiger partial charge in [-0.15, -0.1) is 0 Å². The molecule has 5 nitrogen and oxygen atoms in total. The third-order valence-corrected chi connectivity index (χ3v) is 11.1. The molecule has 0 fully saturated rings. The standard InChI is InChI=1S/C47H33N5/c1-47(2)38-19-9-6-16-33(38)34-26-24-32(29-39(34)47)50(30-14-4-3-5-15-30)31-25-27-43-37(28-31)35-17-8-12-22-42(35)51(43)46-49-40-20-10-7-18-36(40)45-48-41-21-11-13-23-44(41)52(45)46/h3-29H,1-2H3. The van der Waals surface area contributed by atoms with Gasteiger partial charge in [-0.1, -0.05) is 105 Å². The molecule has 1 aliphatic rings. The molecule has 10 aromatic rings. The van der Waals surface area contributed by atoms with Crippen LogP contribution in [0.15, 0.2) is 164 Å². The van der Waals surface area contributed by atoms with Crippen LogP contribution in [0.2, 0.25) is 0 Å². The van der Waals surface area contributed by atoms with Gasteiger partial charge in [-0.05, 0) is 95.1 Å². The molecule has 52 heavy (non-hydrogen) atoms. The highest BCUT2D eigenvalue weighted by Gasteiger charge is 2.35. The summed E-state index contributed by atoms with van der Waals surface area (Å²) in [5.41, 5.74) is 14.6. The Morgan fingerprint density at radius 2 is 1.10 bits per heavy atom. The molecule has 0 unspecified atom stereocenters. The van der Waals surface area contributed by atoms with E-state index in [-0.39, 0.29) is 5.41 Å². The Balaban J connectivity index is 1.17. The number of aromatic nitrogens is 4. The Morgan fingerprint density at radius 3 is 1.96 bits per heavy atom. The molecular weight excluding hydrogens is 635 g/mol. The minimum absolute atomic E-state index is 0.0998. The second-order valence-electron chi connectivity index (χ2n) is 14.3. The first-order valence-electron chi connectivity index (χ1n) is 17.9. The zero-order valence-corrected chi connectivity index (χ0v) is 28.8. The van der Waals surface area contributed by atoms with Crippen molar-refractivity contribution in [1.29, 1.82) is 0 Å². The Bertz CT molecular complexity index is 3060. The van der Waals surface area contributed by atoms with E-state index < -0.39 is 0 Å². The predicted octanol–water partition coefficient (Wildman–Crippen LogP) is 11.9. The average molecular weight is 668 g/mol. The minimum atomic E-state index is -0.0998. The van der Waals surface area contributed by atoms with Crippen LogP contribution in [-0.4, -0.2) is 18.9 Å². The number of rotatable bonds is 4. The van der Waals surface area contributed by atoms with Crippen molar-refractivity contribution < 1.29 is 0 Å². The first-order valence-corrected chi connectivity index (χ1v) is 17.9. The third kappa shape index (κ3) is 3.99. The van der Waals surface area contributed by atoms with Gasteiger partial charge in [0.25, 0.3) is 0 Å². The highest BCUT2D eigenvalue weighted by Crippen LogP contribution is 2.51. The van der Waals surface area contributed by atoms with E-state index in [0.29, 0.717) is 0 Å². The molecule has 0 spiro atoms. The fourth-order valence-electron chi connectivity index (χ4n) is 8.65. The molecule has 0 saturated carbocycles. The molecule has 7 aromatic carbocycles. The van der Waals surface area contributed by atoms with Crippen LogP contribution in [0.3, 0.4) is 0 Å². The average Bonchev–Trinajstić information content (AvgIpc) is 3.81. The van der Waals surface area contributed by atoms with Gasteiger partial charge in [-0.2, -0.15) is 0 Å². The van der Waals surface area contributed by atoms with Gasteiger partial charge in [0.15, 0.2) is 0 Å². The van der Waals surface area contributed by atoms with Crippen LogP contribution in [0.5, 0.6) is 0 Å². The maximum Gasteiger partial charge on any atom is 0.221 e. The fourth-order valence-corrected chi connectivity index (χ4v) is 8.65. The van der Waals surface area contributed by atoms with E-state index in [2.05, 4.69) is 179 Å². The molecule has 11 rings (SSSR count). The first-order chi connectivity index (χ1) is 25.6. The van der Waals surface area contributed by atoms with E-state index in [1.807, 2.05) is 12.1 Å². The predicted molar refractivity (Wildman–Crippen MR) is 215 cm³/mol. The highest BCUT2D eigenvalue weighted by molar-refractivity contribution is 6.11. The zero-order valence-electron chi connectivity index (χ0n) is 28.8. The maximum atomic E-state index is 5.36. The number of para-hydroxylation sites is 5. The molecule has 1 aliphatic carbocycles. The lowest BCUT2D eigenvalue weighted by Gasteiger charge is -2.28. The number of fused-ring (bicyclic) bond motifs is 11. The SMILES string of the molecule is CC1(C)c2ccccc2-c2ccc(N(c3ccccc3)c3ccc4c(c3)c3ccccc3n4-c3nc4ccccc4c4nc5ccccc5n34)cc21. The Kier molecular flexibility index (Phi) is 5.95. The van der Waals surface area contributed by atoms with Crippen molar-refractivity contribution in [3.8, 4) is 17.1 Å². The van der Waals surface area contributed by atoms with Crippen LogP contribution in [0.1, 0.15) is 25.0 Å². The smallest absolute Gasteiger partial charge is 0.221 e. The minimum Gasteiger partial charge on any atom is -0.310 e. The lowest BCUT2D eigenvalue weighted by molar-refractivity contribution is 0.660. The molecule has 0 bridgehead atoms. The van der Waals surface area contributed by atoms with E-state index in [1.54, 1.807) is 0 Å². The van der Waals surface area contributed by atoms with Crippen molar-refractivity contribution in [3.05, 3.63) is 175 Å². The fraction of sp³-hybridized carbons (Fsp3) is 0.0638. The van der Waals surface area contributed by atoms with Crippen molar-refractivity contribution in [3.63, 3.8) is 0 Å². The summed E-state index contributed by atoms with van der Waals surface area (Å²) in [5, 5.41) is 3.37. The van der Waals surface area contributed by atoms with Gasteiger partial charge in [0, 0.05) is 38.6 Å². The van der Waals surface area contributed by atoms with Crippen LogP contribution >= 0.6 is 0 Å². The zero-order chi connectivity index (χ0) is 34.6. The molecule has 3 heterocycles. The van der Waals surface area contributed by atoms with Gasteiger partial charge < -0.3 is 4.90 Å².